The number of alkyl halides is 3. The van der Waals surface area contributed by atoms with Gasteiger partial charge in [0.2, 0.25) is 0 Å². The molecule has 7 heteroatoms. The molecule has 0 saturated carbocycles. The Morgan fingerprint density at radius 1 is 1.35 bits per heavy atom. The zero-order chi connectivity index (χ0) is 13.2. The van der Waals surface area contributed by atoms with Crippen LogP contribution in [-0.2, 0) is 6.18 Å². The van der Waals surface area contributed by atoms with Gasteiger partial charge in [0.1, 0.15) is 0 Å². The number of anilines is 2. The first-order valence-corrected chi connectivity index (χ1v) is 4.67. The van der Waals surface area contributed by atoms with Crippen molar-refractivity contribution in [3.8, 4) is 0 Å². The van der Waals surface area contributed by atoms with Gasteiger partial charge >= 0.3 is 12.2 Å². The molecule has 0 aliphatic rings. The number of hydrogen-bond donors (Lipinski definition) is 2. The van der Waals surface area contributed by atoms with Gasteiger partial charge in [-0.2, -0.15) is 13.2 Å². The summed E-state index contributed by atoms with van der Waals surface area (Å²) in [6.45, 7) is 0. The van der Waals surface area contributed by atoms with Crippen LogP contribution in [0.15, 0.2) is 18.2 Å². The fraction of sp³-hybridized carbons (Fsp3) is 0.300. The van der Waals surface area contributed by atoms with Crippen molar-refractivity contribution < 1.29 is 18.0 Å². The number of carbonyl (C=O) groups excluding carboxylic acids is 1. The number of nitrogens with two attached hydrogens (primary N) is 1. The summed E-state index contributed by atoms with van der Waals surface area (Å²) in [5, 5.41) is 2.28. The Balaban J connectivity index is 3.03. The van der Waals surface area contributed by atoms with E-state index in [0.717, 1.165) is 18.2 Å². The maximum absolute atomic E-state index is 12.4. The number of nitrogen functional groups attached to an aromatic ring is 1. The largest absolute Gasteiger partial charge is 0.416 e. The van der Waals surface area contributed by atoms with E-state index in [2.05, 4.69) is 5.32 Å². The van der Waals surface area contributed by atoms with Gasteiger partial charge in [0.05, 0.1) is 16.9 Å². The fourth-order valence-corrected chi connectivity index (χ4v) is 1.07. The predicted octanol–water partition coefficient (Wildman–Crippen LogP) is 2.38. The molecule has 1 rings (SSSR count). The minimum Gasteiger partial charge on any atom is -0.397 e. The lowest BCUT2D eigenvalue weighted by Crippen LogP contribution is -2.27. The average molecular weight is 247 g/mol. The lowest BCUT2D eigenvalue weighted by Gasteiger charge is -2.15. The van der Waals surface area contributed by atoms with Crippen molar-refractivity contribution in [1.82, 2.24) is 4.90 Å². The van der Waals surface area contributed by atoms with Gasteiger partial charge in [-0.15, -0.1) is 0 Å². The summed E-state index contributed by atoms with van der Waals surface area (Å²) in [5.74, 6) is 0. The van der Waals surface area contributed by atoms with E-state index < -0.39 is 17.8 Å². The molecule has 1 aromatic rings. The Kier molecular flexibility index (Phi) is 3.50. The molecule has 0 bridgehead atoms. The van der Waals surface area contributed by atoms with Crippen molar-refractivity contribution >= 4 is 17.4 Å². The van der Waals surface area contributed by atoms with Crippen molar-refractivity contribution in [2.24, 2.45) is 0 Å². The molecule has 0 aromatic heterocycles. The molecule has 0 spiro atoms. The second-order valence-electron chi connectivity index (χ2n) is 3.62. The van der Waals surface area contributed by atoms with Crippen LogP contribution in [0.1, 0.15) is 5.56 Å². The molecule has 0 atom stereocenters. The van der Waals surface area contributed by atoms with Crippen LogP contribution in [0.5, 0.6) is 0 Å². The molecular formula is C10H12F3N3O. The zero-order valence-corrected chi connectivity index (χ0v) is 9.30. The van der Waals surface area contributed by atoms with Gasteiger partial charge < -0.3 is 16.0 Å². The summed E-state index contributed by atoms with van der Waals surface area (Å²) in [5.41, 5.74) is 4.64. The highest BCUT2D eigenvalue weighted by molar-refractivity contribution is 5.92. The van der Waals surface area contributed by atoms with E-state index in [-0.39, 0.29) is 11.4 Å². The van der Waals surface area contributed by atoms with Gasteiger partial charge in [-0.25, -0.2) is 4.79 Å². The number of rotatable bonds is 1. The number of urea groups is 1. The third kappa shape index (κ3) is 3.27. The second kappa shape index (κ2) is 4.52. The van der Waals surface area contributed by atoms with Gasteiger partial charge in [-0.1, -0.05) is 0 Å². The molecule has 4 nitrogen and oxygen atoms in total. The number of amides is 2. The number of nitrogens with zero attached hydrogens (tertiary/aromatic N) is 1. The van der Waals surface area contributed by atoms with Gasteiger partial charge in [0.25, 0.3) is 0 Å². The van der Waals surface area contributed by atoms with Crippen LogP contribution in [0.25, 0.3) is 0 Å². The Labute approximate surface area is 96.2 Å². The summed E-state index contributed by atoms with van der Waals surface area (Å²) in [4.78, 5) is 12.5. The van der Waals surface area contributed by atoms with Crippen molar-refractivity contribution in [3.63, 3.8) is 0 Å². The summed E-state index contributed by atoms with van der Waals surface area (Å²) in [6, 6.07) is 2.22. The van der Waals surface area contributed by atoms with E-state index in [1.807, 2.05) is 0 Å². The number of halogens is 3. The third-order valence-electron chi connectivity index (χ3n) is 2.03. The van der Waals surface area contributed by atoms with Crippen LogP contribution < -0.4 is 11.1 Å². The normalized spacial score (nSPS) is 11.1. The van der Waals surface area contributed by atoms with E-state index in [4.69, 9.17) is 5.73 Å². The van der Waals surface area contributed by atoms with Gasteiger partial charge in [-0.3, -0.25) is 0 Å². The van der Waals surface area contributed by atoms with E-state index in [1.165, 1.54) is 19.0 Å². The van der Waals surface area contributed by atoms with Crippen molar-refractivity contribution in [2.45, 2.75) is 6.18 Å². The Hall–Kier alpha value is -1.92. The number of benzene rings is 1. The van der Waals surface area contributed by atoms with Crippen LogP contribution >= 0.6 is 0 Å². The Bertz CT molecular complexity index is 429. The molecule has 2 amide bonds. The zero-order valence-electron chi connectivity index (χ0n) is 9.30. The molecule has 0 unspecified atom stereocenters. The standard InChI is InChI=1S/C10H12F3N3O/c1-16(2)9(17)15-8-5-6(10(11,12)13)3-4-7(8)14/h3-5H,14H2,1-2H3,(H,15,17). The smallest absolute Gasteiger partial charge is 0.397 e. The lowest BCUT2D eigenvalue weighted by molar-refractivity contribution is -0.137. The summed E-state index contributed by atoms with van der Waals surface area (Å²) in [6.07, 6.45) is -4.47. The van der Waals surface area contributed by atoms with Crippen molar-refractivity contribution in [1.29, 1.82) is 0 Å². The summed E-state index contributed by atoms with van der Waals surface area (Å²) in [7, 11) is 2.94. The lowest BCUT2D eigenvalue weighted by atomic mass is 10.1. The minimum atomic E-state index is -4.47. The second-order valence-corrected chi connectivity index (χ2v) is 3.62. The van der Waals surface area contributed by atoms with Gasteiger partial charge in [0.15, 0.2) is 0 Å². The fourth-order valence-electron chi connectivity index (χ4n) is 1.07. The molecule has 0 heterocycles. The maximum Gasteiger partial charge on any atom is 0.416 e. The van der Waals surface area contributed by atoms with E-state index >= 15 is 0 Å². The average Bonchev–Trinajstić information content (AvgIpc) is 2.19. The molecule has 0 aliphatic heterocycles. The minimum absolute atomic E-state index is 0.0569. The molecule has 0 radical (unpaired) electrons. The molecule has 0 aliphatic carbocycles. The molecular weight excluding hydrogens is 235 g/mol. The topological polar surface area (TPSA) is 58.4 Å². The first-order chi connectivity index (χ1) is 7.71. The highest BCUT2D eigenvalue weighted by Gasteiger charge is 2.31. The third-order valence-corrected chi connectivity index (χ3v) is 2.03. The maximum atomic E-state index is 12.4. The van der Waals surface area contributed by atoms with Crippen molar-refractivity contribution in [3.05, 3.63) is 23.8 Å². The SMILES string of the molecule is CN(C)C(=O)Nc1cc(C(F)(F)F)ccc1N. The van der Waals surface area contributed by atoms with Crippen LogP contribution in [0.4, 0.5) is 29.3 Å². The molecule has 1 aromatic carbocycles. The monoisotopic (exact) mass is 247 g/mol. The van der Waals surface area contributed by atoms with Crippen LogP contribution in [-0.4, -0.2) is 25.0 Å². The number of hydrogen-bond acceptors (Lipinski definition) is 2. The Morgan fingerprint density at radius 3 is 2.41 bits per heavy atom. The van der Waals surface area contributed by atoms with Gasteiger partial charge in [-0.05, 0) is 18.2 Å². The first kappa shape index (κ1) is 13.1. The highest BCUT2D eigenvalue weighted by atomic mass is 19.4. The molecule has 0 saturated heterocycles. The molecule has 17 heavy (non-hydrogen) atoms. The Morgan fingerprint density at radius 2 is 1.94 bits per heavy atom. The van der Waals surface area contributed by atoms with Crippen LogP contribution in [0.2, 0.25) is 0 Å². The number of nitrogens with one attached hydrogen (secondary N) is 1. The van der Waals surface area contributed by atoms with Crippen LogP contribution in [0, 0.1) is 0 Å². The van der Waals surface area contributed by atoms with Crippen molar-refractivity contribution in [2.75, 3.05) is 25.1 Å². The number of carbonyl (C=O) groups is 1. The summed E-state index contributed by atoms with van der Waals surface area (Å²) >= 11 is 0. The highest BCUT2D eigenvalue weighted by Crippen LogP contribution is 2.33. The van der Waals surface area contributed by atoms with E-state index in [9.17, 15) is 18.0 Å². The van der Waals surface area contributed by atoms with E-state index in [0.29, 0.717) is 0 Å². The van der Waals surface area contributed by atoms with Crippen LogP contribution in [0.3, 0.4) is 0 Å². The molecule has 3 N–H and O–H groups in total. The van der Waals surface area contributed by atoms with Gasteiger partial charge in [0, 0.05) is 14.1 Å². The predicted molar refractivity (Wildman–Crippen MR) is 58.6 cm³/mol. The van der Waals surface area contributed by atoms with E-state index in [1.54, 1.807) is 0 Å². The molecule has 0 fully saturated rings. The molecule has 94 valence electrons. The quantitative estimate of drug-likeness (QED) is 0.748. The first-order valence-electron chi connectivity index (χ1n) is 4.67. The summed E-state index contributed by atoms with van der Waals surface area (Å²) < 4.78 is 37.3.